The number of hydrogen-bond donors (Lipinski definition) is 0. The third kappa shape index (κ3) is 2.26. The fraction of sp³-hybridized carbons (Fsp3) is 0.333. The Morgan fingerprint density at radius 3 is 2.67 bits per heavy atom. The molecule has 1 aromatic heterocycles. The molecule has 0 bridgehead atoms. The van der Waals surface area contributed by atoms with Crippen molar-refractivity contribution in [1.29, 1.82) is 0 Å². The highest BCUT2D eigenvalue weighted by Gasteiger charge is 2.18. The van der Waals surface area contributed by atoms with Crippen LogP contribution >= 0.6 is 0 Å². The van der Waals surface area contributed by atoms with E-state index < -0.39 is 0 Å². The molecule has 1 aromatic carbocycles. The van der Waals surface area contributed by atoms with E-state index in [1.807, 2.05) is 12.1 Å². The van der Waals surface area contributed by atoms with Gasteiger partial charge in [0.25, 0.3) is 0 Å². The summed E-state index contributed by atoms with van der Waals surface area (Å²) in [5, 5.41) is 0. The zero-order chi connectivity index (χ0) is 12.4. The SMILES string of the molecule is Fc1cc(-c2ccco2)ccc1OC1CCCC1. The summed E-state index contributed by atoms with van der Waals surface area (Å²) in [5.41, 5.74) is 0.733. The van der Waals surface area contributed by atoms with Gasteiger partial charge in [-0.2, -0.15) is 0 Å². The maximum atomic E-state index is 13.9. The lowest BCUT2D eigenvalue weighted by molar-refractivity contribution is 0.201. The third-order valence-electron chi connectivity index (χ3n) is 3.33. The maximum Gasteiger partial charge on any atom is 0.165 e. The molecule has 0 N–H and O–H groups in total. The van der Waals surface area contributed by atoms with Gasteiger partial charge in [0.05, 0.1) is 12.4 Å². The summed E-state index contributed by atoms with van der Waals surface area (Å²) in [7, 11) is 0. The van der Waals surface area contributed by atoms with Crippen molar-refractivity contribution < 1.29 is 13.5 Å². The molecule has 0 unspecified atom stereocenters. The van der Waals surface area contributed by atoms with Crippen molar-refractivity contribution in [1.82, 2.24) is 0 Å². The van der Waals surface area contributed by atoms with Gasteiger partial charge in [-0.1, -0.05) is 0 Å². The summed E-state index contributed by atoms with van der Waals surface area (Å²) in [4.78, 5) is 0. The molecule has 2 aromatic rings. The van der Waals surface area contributed by atoms with Crippen LogP contribution in [0.1, 0.15) is 25.7 Å². The second-order valence-corrected chi connectivity index (χ2v) is 4.65. The van der Waals surface area contributed by atoms with E-state index in [0.29, 0.717) is 11.5 Å². The molecule has 2 nitrogen and oxygen atoms in total. The van der Waals surface area contributed by atoms with Gasteiger partial charge in [-0.3, -0.25) is 0 Å². The van der Waals surface area contributed by atoms with Gasteiger partial charge in [-0.25, -0.2) is 4.39 Å². The Bertz CT molecular complexity index is 513. The highest BCUT2D eigenvalue weighted by Crippen LogP contribution is 2.29. The van der Waals surface area contributed by atoms with E-state index in [-0.39, 0.29) is 11.9 Å². The number of hydrogen-bond acceptors (Lipinski definition) is 2. The molecule has 94 valence electrons. The molecule has 0 radical (unpaired) electrons. The fourth-order valence-electron chi connectivity index (χ4n) is 2.38. The molecule has 1 aliphatic carbocycles. The monoisotopic (exact) mass is 246 g/mol. The van der Waals surface area contributed by atoms with Crippen LogP contribution < -0.4 is 4.74 Å². The van der Waals surface area contributed by atoms with Gasteiger partial charge >= 0.3 is 0 Å². The summed E-state index contributed by atoms with van der Waals surface area (Å²) < 4.78 is 24.8. The molecule has 0 saturated heterocycles. The van der Waals surface area contributed by atoms with Crippen LogP contribution in [-0.2, 0) is 0 Å². The first-order chi connectivity index (χ1) is 8.83. The molecule has 0 spiro atoms. The van der Waals surface area contributed by atoms with Gasteiger partial charge in [0.2, 0.25) is 0 Å². The van der Waals surface area contributed by atoms with Gasteiger partial charge in [0.1, 0.15) is 5.76 Å². The fourth-order valence-corrected chi connectivity index (χ4v) is 2.38. The first-order valence-electron chi connectivity index (χ1n) is 6.33. The quantitative estimate of drug-likeness (QED) is 0.800. The summed E-state index contributed by atoms with van der Waals surface area (Å²) in [6.45, 7) is 0. The first kappa shape index (κ1) is 11.3. The van der Waals surface area contributed by atoms with Crippen molar-refractivity contribution in [3.8, 4) is 17.1 Å². The predicted octanol–water partition coefficient (Wildman–Crippen LogP) is 4.41. The highest BCUT2D eigenvalue weighted by atomic mass is 19.1. The van der Waals surface area contributed by atoms with Crippen LogP contribution in [0.3, 0.4) is 0 Å². The van der Waals surface area contributed by atoms with Gasteiger partial charge in [0, 0.05) is 5.56 Å². The van der Waals surface area contributed by atoms with Crippen LogP contribution in [0.15, 0.2) is 41.0 Å². The Balaban J connectivity index is 1.80. The molecule has 0 atom stereocenters. The minimum atomic E-state index is -0.323. The van der Waals surface area contributed by atoms with Gasteiger partial charge in [-0.15, -0.1) is 0 Å². The van der Waals surface area contributed by atoms with Crippen molar-refractivity contribution in [2.75, 3.05) is 0 Å². The van der Waals surface area contributed by atoms with E-state index in [1.54, 1.807) is 18.4 Å². The Labute approximate surface area is 105 Å². The largest absolute Gasteiger partial charge is 0.487 e. The molecule has 0 amide bonds. The smallest absolute Gasteiger partial charge is 0.165 e. The number of rotatable bonds is 3. The number of furan rings is 1. The molecule has 18 heavy (non-hydrogen) atoms. The summed E-state index contributed by atoms with van der Waals surface area (Å²) in [6.07, 6.45) is 6.16. The van der Waals surface area contributed by atoms with Gasteiger partial charge < -0.3 is 9.15 Å². The Morgan fingerprint density at radius 1 is 1.17 bits per heavy atom. The van der Waals surface area contributed by atoms with Crippen LogP contribution in [0.2, 0.25) is 0 Å². The summed E-state index contributed by atoms with van der Waals surface area (Å²) in [5.74, 6) is 0.689. The van der Waals surface area contributed by atoms with Crippen molar-refractivity contribution in [3.05, 3.63) is 42.4 Å². The van der Waals surface area contributed by atoms with E-state index in [1.165, 1.54) is 18.9 Å². The minimum Gasteiger partial charge on any atom is -0.487 e. The van der Waals surface area contributed by atoms with Crippen LogP contribution in [0, 0.1) is 5.82 Å². The molecular weight excluding hydrogens is 231 g/mol. The van der Waals surface area contributed by atoms with Crippen LogP contribution in [0.25, 0.3) is 11.3 Å². The molecule has 3 heteroatoms. The summed E-state index contributed by atoms with van der Waals surface area (Å²) in [6, 6.07) is 8.57. The van der Waals surface area contributed by atoms with Crippen LogP contribution in [0.5, 0.6) is 5.75 Å². The van der Waals surface area contributed by atoms with Crippen molar-refractivity contribution in [2.24, 2.45) is 0 Å². The standard InChI is InChI=1S/C15H15FO2/c16-13-10-11(14-6-3-9-17-14)7-8-15(13)18-12-4-1-2-5-12/h3,6-10,12H,1-2,4-5H2. The van der Waals surface area contributed by atoms with Gasteiger partial charge in [0.15, 0.2) is 11.6 Å². The van der Waals surface area contributed by atoms with Crippen molar-refractivity contribution >= 4 is 0 Å². The molecular formula is C15H15FO2. The van der Waals surface area contributed by atoms with E-state index in [4.69, 9.17) is 9.15 Å². The Hall–Kier alpha value is -1.77. The Kier molecular flexibility index (Phi) is 3.05. The molecule has 1 aliphatic rings. The zero-order valence-corrected chi connectivity index (χ0v) is 10.1. The predicted molar refractivity (Wildman–Crippen MR) is 67.0 cm³/mol. The van der Waals surface area contributed by atoms with E-state index in [2.05, 4.69) is 0 Å². The minimum absolute atomic E-state index is 0.175. The lowest BCUT2D eigenvalue weighted by atomic mass is 10.1. The van der Waals surface area contributed by atoms with E-state index in [9.17, 15) is 4.39 Å². The topological polar surface area (TPSA) is 22.4 Å². The lowest BCUT2D eigenvalue weighted by Gasteiger charge is -2.13. The van der Waals surface area contributed by atoms with Crippen LogP contribution in [0.4, 0.5) is 4.39 Å². The average molecular weight is 246 g/mol. The van der Waals surface area contributed by atoms with E-state index >= 15 is 0 Å². The Morgan fingerprint density at radius 2 is 2.00 bits per heavy atom. The number of halogens is 1. The second-order valence-electron chi connectivity index (χ2n) is 4.65. The number of ether oxygens (including phenoxy) is 1. The zero-order valence-electron chi connectivity index (χ0n) is 10.1. The maximum absolute atomic E-state index is 13.9. The third-order valence-corrected chi connectivity index (χ3v) is 3.33. The van der Waals surface area contributed by atoms with E-state index in [0.717, 1.165) is 18.4 Å². The van der Waals surface area contributed by atoms with Crippen molar-refractivity contribution in [3.63, 3.8) is 0 Å². The summed E-state index contributed by atoms with van der Waals surface area (Å²) >= 11 is 0. The molecule has 1 saturated carbocycles. The van der Waals surface area contributed by atoms with Gasteiger partial charge in [-0.05, 0) is 56.0 Å². The average Bonchev–Trinajstić information content (AvgIpc) is 3.04. The second kappa shape index (κ2) is 4.84. The lowest BCUT2D eigenvalue weighted by Crippen LogP contribution is -2.11. The van der Waals surface area contributed by atoms with Crippen LogP contribution in [-0.4, -0.2) is 6.10 Å². The normalized spacial score (nSPS) is 16.1. The first-order valence-corrected chi connectivity index (χ1v) is 6.33. The molecule has 1 heterocycles. The molecule has 0 aliphatic heterocycles. The molecule has 1 fully saturated rings. The van der Waals surface area contributed by atoms with Crippen molar-refractivity contribution in [2.45, 2.75) is 31.8 Å². The highest BCUT2D eigenvalue weighted by molar-refractivity contribution is 5.58. The molecule has 3 rings (SSSR count). The number of benzene rings is 1.